The van der Waals surface area contributed by atoms with Gasteiger partial charge in [0.1, 0.15) is 11.6 Å². The average Bonchev–Trinajstić information content (AvgIpc) is 3.02. The van der Waals surface area contributed by atoms with Crippen LogP contribution in [0.1, 0.15) is 23.2 Å². The number of nitrogens with one attached hydrogen (secondary N) is 1. The van der Waals surface area contributed by atoms with Crippen molar-refractivity contribution in [3.63, 3.8) is 0 Å². The number of anilines is 2. The van der Waals surface area contributed by atoms with E-state index in [1.165, 1.54) is 25.0 Å². The summed E-state index contributed by atoms with van der Waals surface area (Å²) in [6.07, 6.45) is 3.94. The maximum atomic E-state index is 13.7. The molecule has 22 heavy (non-hydrogen) atoms. The van der Waals surface area contributed by atoms with Crippen molar-refractivity contribution in [2.75, 3.05) is 23.3 Å². The van der Waals surface area contributed by atoms with E-state index in [9.17, 15) is 9.18 Å². The monoisotopic (exact) mass is 319 g/mol. The largest absolute Gasteiger partial charge is 0.357 e. The number of carbonyl (C=O) groups excluding carboxylic acids is 1. The van der Waals surface area contributed by atoms with Crippen LogP contribution >= 0.6 is 11.6 Å². The van der Waals surface area contributed by atoms with E-state index in [1.54, 1.807) is 12.3 Å². The molecule has 0 aliphatic carbocycles. The van der Waals surface area contributed by atoms with Crippen LogP contribution in [0.2, 0.25) is 5.02 Å². The third-order valence-electron chi connectivity index (χ3n) is 3.61. The SMILES string of the molecule is O=C(Nc1ccc(N2CCCC2)nc1)c1ccc(Cl)cc1F. The first-order valence-electron chi connectivity index (χ1n) is 7.11. The van der Waals surface area contributed by atoms with Crippen LogP contribution in [-0.4, -0.2) is 24.0 Å². The van der Waals surface area contributed by atoms with Crippen LogP contribution in [-0.2, 0) is 0 Å². The van der Waals surface area contributed by atoms with Gasteiger partial charge >= 0.3 is 0 Å². The molecule has 1 aromatic carbocycles. The van der Waals surface area contributed by atoms with E-state index >= 15 is 0 Å². The molecule has 6 heteroatoms. The molecule has 1 N–H and O–H groups in total. The number of hydrogen-bond donors (Lipinski definition) is 1. The highest BCUT2D eigenvalue weighted by molar-refractivity contribution is 6.30. The van der Waals surface area contributed by atoms with Crippen molar-refractivity contribution in [2.24, 2.45) is 0 Å². The van der Waals surface area contributed by atoms with Gasteiger partial charge in [-0.05, 0) is 43.2 Å². The van der Waals surface area contributed by atoms with Crippen molar-refractivity contribution in [3.05, 3.63) is 52.9 Å². The molecule has 4 nitrogen and oxygen atoms in total. The second-order valence-electron chi connectivity index (χ2n) is 5.18. The molecule has 1 aliphatic heterocycles. The lowest BCUT2D eigenvalue weighted by atomic mass is 10.2. The normalized spacial score (nSPS) is 14.2. The molecule has 3 rings (SSSR count). The standard InChI is InChI=1S/C16H15ClFN3O/c17-11-3-5-13(14(18)9-11)16(22)20-12-4-6-15(19-10-12)21-7-1-2-8-21/h3-6,9-10H,1-2,7-8H2,(H,20,22). The zero-order valence-electron chi connectivity index (χ0n) is 11.9. The summed E-state index contributed by atoms with van der Waals surface area (Å²) in [7, 11) is 0. The third kappa shape index (κ3) is 3.20. The van der Waals surface area contributed by atoms with E-state index in [0.29, 0.717) is 5.69 Å². The average molecular weight is 320 g/mol. The van der Waals surface area contributed by atoms with E-state index in [0.717, 1.165) is 25.0 Å². The number of hydrogen-bond acceptors (Lipinski definition) is 3. The molecule has 2 heterocycles. The van der Waals surface area contributed by atoms with Crippen molar-refractivity contribution in [1.82, 2.24) is 4.98 Å². The number of halogens is 2. The first kappa shape index (κ1) is 14.8. The highest BCUT2D eigenvalue weighted by atomic mass is 35.5. The highest BCUT2D eigenvalue weighted by Gasteiger charge is 2.15. The van der Waals surface area contributed by atoms with Crippen LogP contribution < -0.4 is 10.2 Å². The number of benzene rings is 1. The summed E-state index contributed by atoms with van der Waals surface area (Å²) in [4.78, 5) is 18.6. The van der Waals surface area contributed by atoms with Crippen LogP contribution in [0.4, 0.5) is 15.9 Å². The van der Waals surface area contributed by atoms with Crippen molar-refractivity contribution in [1.29, 1.82) is 0 Å². The molecule has 2 aromatic rings. The molecule has 1 saturated heterocycles. The Morgan fingerprint density at radius 2 is 2.00 bits per heavy atom. The van der Waals surface area contributed by atoms with Crippen LogP contribution in [0.15, 0.2) is 36.5 Å². The van der Waals surface area contributed by atoms with E-state index < -0.39 is 11.7 Å². The zero-order valence-corrected chi connectivity index (χ0v) is 12.6. The highest BCUT2D eigenvalue weighted by Crippen LogP contribution is 2.20. The molecule has 1 amide bonds. The van der Waals surface area contributed by atoms with Gasteiger partial charge in [-0.1, -0.05) is 11.6 Å². The fourth-order valence-corrected chi connectivity index (χ4v) is 2.62. The molecule has 0 saturated carbocycles. The first-order valence-corrected chi connectivity index (χ1v) is 7.49. The summed E-state index contributed by atoms with van der Waals surface area (Å²) in [5.74, 6) is -0.273. The third-order valence-corrected chi connectivity index (χ3v) is 3.85. The summed E-state index contributed by atoms with van der Waals surface area (Å²) in [6.45, 7) is 2.02. The van der Waals surface area contributed by atoms with Crippen molar-refractivity contribution in [3.8, 4) is 0 Å². The van der Waals surface area contributed by atoms with Crippen LogP contribution in [0, 0.1) is 5.82 Å². The van der Waals surface area contributed by atoms with Crippen molar-refractivity contribution >= 4 is 29.0 Å². The van der Waals surface area contributed by atoms with Gasteiger partial charge in [-0.25, -0.2) is 9.37 Å². The number of amides is 1. The van der Waals surface area contributed by atoms with Gasteiger partial charge in [-0.15, -0.1) is 0 Å². The van der Waals surface area contributed by atoms with Crippen molar-refractivity contribution < 1.29 is 9.18 Å². The van der Waals surface area contributed by atoms with E-state index in [4.69, 9.17) is 11.6 Å². The van der Waals surface area contributed by atoms with E-state index in [1.807, 2.05) is 6.07 Å². The summed E-state index contributed by atoms with van der Waals surface area (Å²) in [6, 6.07) is 7.59. The number of aromatic nitrogens is 1. The summed E-state index contributed by atoms with van der Waals surface area (Å²) < 4.78 is 13.7. The van der Waals surface area contributed by atoms with Gasteiger partial charge in [0, 0.05) is 18.1 Å². The zero-order chi connectivity index (χ0) is 15.5. The number of rotatable bonds is 3. The second-order valence-corrected chi connectivity index (χ2v) is 5.61. The molecule has 0 unspecified atom stereocenters. The van der Waals surface area contributed by atoms with Crippen LogP contribution in [0.5, 0.6) is 0 Å². The van der Waals surface area contributed by atoms with Crippen LogP contribution in [0.25, 0.3) is 0 Å². The Labute approximate surface area is 132 Å². The Kier molecular flexibility index (Phi) is 4.24. The van der Waals surface area contributed by atoms with E-state index in [-0.39, 0.29) is 10.6 Å². The van der Waals surface area contributed by atoms with Crippen molar-refractivity contribution in [2.45, 2.75) is 12.8 Å². The molecular weight excluding hydrogens is 305 g/mol. The van der Waals surface area contributed by atoms with Gasteiger partial charge in [0.15, 0.2) is 0 Å². The summed E-state index contributed by atoms with van der Waals surface area (Å²) >= 11 is 5.68. The molecular formula is C16H15ClFN3O. The fraction of sp³-hybridized carbons (Fsp3) is 0.250. The Morgan fingerprint density at radius 1 is 1.23 bits per heavy atom. The lowest BCUT2D eigenvalue weighted by molar-refractivity contribution is 0.102. The molecule has 1 aliphatic rings. The van der Waals surface area contributed by atoms with Gasteiger partial charge < -0.3 is 10.2 Å². The predicted molar refractivity (Wildman–Crippen MR) is 85.0 cm³/mol. The number of pyridine rings is 1. The Morgan fingerprint density at radius 3 is 2.64 bits per heavy atom. The van der Waals surface area contributed by atoms with Gasteiger partial charge in [0.2, 0.25) is 0 Å². The maximum absolute atomic E-state index is 13.7. The number of nitrogens with zero attached hydrogens (tertiary/aromatic N) is 2. The molecule has 0 radical (unpaired) electrons. The van der Waals surface area contributed by atoms with E-state index in [2.05, 4.69) is 15.2 Å². The Hall–Kier alpha value is -2.14. The lowest BCUT2D eigenvalue weighted by Crippen LogP contribution is -2.19. The lowest BCUT2D eigenvalue weighted by Gasteiger charge is -2.16. The topological polar surface area (TPSA) is 45.2 Å². The summed E-state index contributed by atoms with van der Waals surface area (Å²) in [5, 5.41) is 2.89. The first-order chi connectivity index (χ1) is 10.6. The molecule has 1 fully saturated rings. The van der Waals surface area contributed by atoms with Gasteiger partial charge in [0.05, 0.1) is 17.4 Å². The van der Waals surface area contributed by atoms with Gasteiger partial charge in [0.25, 0.3) is 5.91 Å². The maximum Gasteiger partial charge on any atom is 0.258 e. The molecule has 1 aromatic heterocycles. The Balaban J connectivity index is 1.71. The quantitative estimate of drug-likeness (QED) is 0.937. The Bertz CT molecular complexity index is 684. The second kappa shape index (κ2) is 6.32. The minimum atomic E-state index is -0.647. The predicted octanol–water partition coefficient (Wildman–Crippen LogP) is 3.73. The molecule has 0 bridgehead atoms. The van der Waals surface area contributed by atoms with Crippen LogP contribution in [0.3, 0.4) is 0 Å². The number of carbonyl (C=O) groups is 1. The molecule has 0 atom stereocenters. The van der Waals surface area contributed by atoms with Gasteiger partial charge in [-0.2, -0.15) is 0 Å². The summed E-state index contributed by atoms with van der Waals surface area (Å²) in [5.41, 5.74) is 0.482. The molecule has 0 spiro atoms. The minimum absolute atomic E-state index is 0.0481. The minimum Gasteiger partial charge on any atom is -0.357 e. The smallest absolute Gasteiger partial charge is 0.258 e. The fourth-order valence-electron chi connectivity index (χ4n) is 2.47. The molecule has 114 valence electrons. The van der Waals surface area contributed by atoms with Gasteiger partial charge in [-0.3, -0.25) is 4.79 Å².